The van der Waals surface area contributed by atoms with Gasteiger partial charge in [0.2, 0.25) is 0 Å². The zero-order valence-corrected chi connectivity index (χ0v) is 7.21. The summed E-state index contributed by atoms with van der Waals surface area (Å²) in [6.07, 6.45) is 1.02. The fourth-order valence-corrected chi connectivity index (χ4v) is 0.520. The van der Waals surface area contributed by atoms with Gasteiger partial charge in [-0.05, 0) is 0 Å². The van der Waals surface area contributed by atoms with Crippen LogP contribution in [0.3, 0.4) is 0 Å². The summed E-state index contributed by atoms with van der Waals surface area (Å²) in [6, 6.07) is 0. The van der Waals surface area contributed by atoms with Crippen molar-refractivity contribution >= 4 is 11.9 Å². The molecule has 0 atom stereocenters. The molecule has 0 aromatic heterocycles. The summed E-state index contributed by atoms with van der Waals surface area (Å²) < 4.78 is 8.69. The molecule has 68 valence electrons. The lowest BCUT2D eigenvalue weighted by atomic mass is 10.4. The van der Waals surface area contributed by atoms with Gasteiger partial charge in [0, 0.05) is 7.05 Å². The number of carbonyl (C=O) groups excluding carboxylic acids is 2. The lowest BCUT2D eigenvalue weighted by Crippen LogP contribution is -2.19. The fraction of sp³-hybridized carbons (Fsp3) is 0.429. The molecular weight excluding hydrogens is 162 g/mol. The first-order chi connectivity index (χ1) is 5.65. The van der Waals surface area contributed by atoms with Crippen LogP contribution in [0.25, 0.3) is 0 Å². The first kappa shape index (κ1) is 10.5. The van der Waals surface area contributed by atoms with E-state index in [-0.39, 0.29) is 5.70 Å². The second kappa shape index (κ2) is 5.17. The van der Waals surface area contributed by atoms with E-state index in [0.29, 0.717) is 0 Å². The van der Waals surface area contributed by atoms with Gasteiger partial charge in [-0.15, -0.1) is 0 Å². The summed E-state index contributed by atoms with van der Waals surface area (Å²) in [5, 5.41) is 2.50. The molecule has 12 heavy (non-hydrogen) atoms. The predicted molar refractivity (Wildman–Crippen MR) is 41.2 cm³/mol. The Morgan fingerprint density at radius 2 is 1.83 bits per heavy atom. The Morgan fingerprint density at radius 3 is 2.17 bits per heavy atom. The van der Waals surface area contributed by atoms with Crippen LogP contribution >= 0.6 is 0 Å². The van der Waals surface area contributed by atoms with Crippen molar-refractivity contribution < 1.29 is 19.1 Å². The molecule has 1 N–H and O–H groups in total. The molecule has 0 fully saturated rings. The highest BCUT2D eigenvalue weighted by atomic mass is 16.5. The molecule has 0 heterocycles. The van der Waals surface area contributed by atoms with E-state index in [9.17, 15) is 9.59 Å². The summed E-state index contributed by atoms with van der Waals surface area (Å²) >= 11 is 0. The Morgan fingerprint density at radius 1 is 1.25 bits per heavy atom. The first-order valence-electron chi connectivity index (χ1n) is 3.21. The number of carbonyl (C=O) groups is 2. The molecule has 5 nitrogen and oxygen atoms in total. The number of esters is 2. The Hall–Kier alpha value is -1.52. The molecule has 0 saturated heterocycles. The van der Waals surface area contributed by atoms with Gasteiger partial charge >= 0.3 is 11.9 Å². The summed E-state index contributed by atoms with van der Waals surface area (Å²) in [7, 11) is 3.96. The second-order valence-electron chi connectivity index (χ2n) is 1.82. The quantitative estimate of drug-likeness (QED) is 0.457. The van der Waals surface area contributed by atoms with Crippen molar-refractivity contribution in [1.82, 2.24) is 5.32 Å². The van der Waals surface area contributed by atoms with Crippen molar-refractivity contribution in [3.63, 3.8) is 0 Å². The van der Waals surface area contributed by atoms with Crippen molar-refractivity contribution in [2.45, 2.75) is 0 Å². The number of nitrogens with one attached hydrogen (secondary N) is 1. The molecule has 0 aliphatic carbocycles. The molecule has 0 amide bonds. The normalized spacial score (nSPS) is 10.4. The minimum atomic E-state index is -0.608. The zero-order valence-electron chi connectivity index (χ0n) is 7.21. The highest BCUT2D eigenvalue weighted by Gasteiger charge is 2.09. The van der Waals surface area contributed by atoms with Crippen LogP contribution in [0.2, 0.25) is 0 Å². The van der Waals surface area contributed by atoms with E-state index in [0.717, 1.165) is 6.08 Å². The molecule has 5 heteroatoms. The van der Waals surface area contributed by atoms with Crippen molar-refractivity contribution in [3.8, 4) is 0 Å². The zero-order chi connectivity index (χ0) is 9.56. The van der Waals surface area contributed by atoms with Crippen molar-refractivity contribution in [2.24, 2.45) is 0 Å². The Labute approximate surface area is 70.3 Å². The number of hydrogen-bond acceptors (Lipinski definition) is 5. The molecule has 0 aliphatic heterocycles. The number of likely N-dealkylation sites (N-methyl/N-ethyl adjacent to an activating group) is 1. The van der Waals surface area contributed by atoms with E-state index in [1.165, 1.54) is 21.3 Å². The molecule has 0 spiro atoms. The third-order valence-corrected chi connectivity index (χ3v) is 1.14. The third kappa shape index (κ3) is 3.05. The average Bonchev–Trinajstić information content (AvgIpc) is 2.12. The number of hydrogen-bond donors (Lipinski definition) is 1. The second-order valence-corrected chi connectivity index (χ2v) is 1.82. The molecule has 0 bridgehead atoms. The van der Waals surface area contributed by atoms with Gasteiger partial charge in [0.25, 0.3) is 0 Å². The summed E-state index contributed by atoms with van der Waals surface area (Å²) in [5.41, 5.74) is 0.0596. The van der Waals surface area contributed by atoms with Crippen LogP contribution in [-0.4, -0.2) is 33.2 Å². The number of rotatable bonds is 3. The van der Waals surface area contributed by atoms with Gasteiger partial charge < -0.3 is 14.8 Å². The van der Waals surface area contributed by atoms with E-state index < -0.39 is 11.9 Å². The predicted octanol–water partition coefficient (Wildman–Crippen LogP) is -0.564. The number of ether oxygens (including phenoxy) is 2. The van der Waals surface area contributed by atoms with Crippen LogP contribution in [-0.2, 0) is 19.1 Å². The van der Waals surface area contributed by atoms with Gasteiger partial charge in [-0.1, -0.05) is 0 Å². The van der Waals surface area contributed by atoms with Crippen molar-refractivity contribution in [1.29, 1.82) is 0 Å². The standard InChI is InChI=1S/C7H11NO4/c1-8-5(7(10)12-3)4-6(9)11-2/h4,8H,1-3H3/b5-4-. The maximum Gasteiger partial charge on any atom is 0.354 e. The van der Waals surface area contributed by atoms with Gasteiger partial charge in [0.15, 0.2) is 0 Å². The summed E-state index contributed by atoms with van der Waals surface area (Å²) in [5.74, 6) is -1.22. The summed E-state index contributed by atoms with van der Waals surface area (Å²) in [4.78, 5) is 21.5. The SMILES string of the molecule is CN/C(=C\C(=O)OC)C(=O)OC. The lowest BCUT2D eigenvalue weighted by Gasteiger charge is -2.02. The van der Waals surface area contributed by atoms with Gasteiger partial charge in [0.1, 0.15) is 5.70 Å². The van der Waals surface area contributed by atoms with Crippen LogP contribution in [0.1, 0.15) is 0 Å². The van der Waals surface area contributed by atoms with E-state index >= 15 is 0 Å². The van der Waals surface area contributed by atoms with Gasteiger partial charge in [-0.3, -0.25) is 0 Å². The van der Waals surface area contributed by atoms with Crippen LogP contribution in [0.5, 0.6) is 0 Å². The highest BCUT2D eigenvalue weighted by molar-refractivity contribution is 5.95. The van der Waals surface area contributed by atoms with E-state index in [4.69, 9.17) is 0 Å². The fourth-order valence-electron chi connectivity index (χ4n) is 0.520. The van der Waals surface area contributed by atoms with Crippen LogP contribution in [0.4, 0.5) is 0 Å². The smallest absolute Gasteiger partial charge is 0.354 e. The Kier molecular flexibility index (Phi) is 4.52. The van der Waals surface area contributed by atoms with Crippen LogP contribution in [0.15, 0.2) is 11.8 Å². The average molecular weight is 173 g/mol. The molecule has 0 saturated carbocycles. The van der Waals surface area contributed by atoms with Gasteiger partial charge in [-0.2, -0.15) is 0 Å². The summed E-state index contributed by atoms with van der Waals surface area (Å²) in [6.45, 7) is 0. The minimum Gasteiger partial charge on any atom is -0.466 e. The molecule has 0 radical (unpaired) electrons. The van der Waals surface area contributed by atoms with Gasteiger partial charge in [0.05, 0.1) is 20.3 Å². The van der Waals surface area contributed by atoms with E-state index in [2.05, 4.69) is 14.8 Å². The Bertz CT molecular complexity index is 209. The van der Waals surface area contributed by atoms with Crippen LogP contribution < -0.4 is 5.32 Å². The van der Waals surface area contributed by atoms with Crippen molar-refractivity contribution in [3.05, 3.63) is 11.8 Å². The Balaban J connectivity index is 4.43. The lowest BCUT2D eigenvalue weighted by molar-refractivity contribution is -0.138. The molecule has 0 aromatic rings. The topological polar surface area (TPSA) is 64.6 Å². The van der Waals surface area contributed by atoms with E-state index in [1.54, 1.807) is 0 Å². The molecule has 0 unspecified atom stereocenters. The molecule has 0 rings (SSSR count). The molecular formula is C7H11NO4. The maximum atomic E-state index is 10.8. The number of methoxy groups -OCH3 is 2. The highest BCUT2D eigenvalue weighted by Crippen LogP contribution is 1.92. The van der Waals surface area contributed by atoms with Crippen LogP contribution in [0, 0.1) is 0 Å². The van der Waals surface area contributed by atoms with Crippen molar-refractivity contribution in [2.75, 3.05) is 21.3 Å². The largest absolute Gasteiger partial charge is 0.466 e. The molecule has 0 aromatic carbocycles. The third-order valence-electron chi connectivity index (χ3n) is 1.14. The molecule has 0 aliphatic rings. The monoisotopic (exact) mass is 173 g/mol. The maximum absolute atomic E-state index is 10.8. The minimum absolute atomic E-state index is 0.0596. The van der Waals surface area contributed by atoms with E-state index in [1.807, 2.05) is 0 Å². The van der Waals surface area contributed by atoms with Gasteiger partial charge in [-0.25, -0.2) is 9.59 Å². The first-order valence-corrected chi connectivity index (χ1v) is 3.21.